The van der Waals surface area contributed by atoms with Gasteiger partial charge in [0.2, 0.25) is 0 Å². The number of benzene rings is 1. The number of nitrogens with zero attached hydrogens (tertiary/aromatic N) is 1. The Bertz CT molecular complexity index is 491. The molecule has 2 aromatic rings. The van der Waals surface area contributed by atoms with E-state index >= 15 is 0 Å². The third-order valence-electron chi connectivity index (χ3n) is 3.54. The number of nitrogens with one attached hydrogen (secondary N) is 1. The van der Waals surface area contributed by atoms with Crippen LogP contribution in [0.3, 0.4) is 0 Å². The second kappa shape index (κ2) is 5.98. The van der Waals surface area contributed by atoms with Crippen LogP contribution < -0.4 is 5.32 Å². The van der Waals surface area contributed by atoms with E-state index in [1.807, 2.05) is 18.3 Å². The van der Waals surface area contributed by atoms with E-state index in [0.29, 0.717) is 0 Å². The highest BCUT2D eigenvalue weighted by atomic mass is 14.9. The molecule has 1 aromatic carbocycles. The Morgan fingerprint density at radius 2 is 1.74 bits per heavy atom. The molecule has 0 radical (unpaired) electrons. The predicted octanol–water partition coefficient (Wildman–Crippen LogP) is 3.71. The zero-order chi connectivity index (χ0) is 13.7. The molecule has 0 aliphatic carbocycles. The summed E-state index contributed by atoms with van der Waals surface area (Å²) in [5.41, 5.74) is 2.56. The van der Waals surface area contributed by atoms with Crippen LogP contribution in [0, 0.1) is 0 Å². The van der Waals surface area contributed by atoms with Crippen molar-refractivity contribution in [3.05, 3.63) is 66.0 Å². The Balaban J connectivity index is 1.99. The van der Waals surface area contributed by atoms with Crippen LogP contribution in [0.5, 0.6) is 0 Å². The second-order valence-corrected chi connectivity index (χ2v) is 5.61. The van der Waals surface area contributed by atoms with Crippen LogP contribution in [0.2, 0.25) is 0 Å². The van der Waals surface area contributed by atoms with Crippen LogP contribution in [-0.2, 0) is 5.41 Å². The second-order valence-electron chi connectivity index (χ2n) is 5.61. The van der Waals surface area contributed by atoms with Gasteiger partial charge in [-0.05, 0) is 24.6 Å². The smallest absolute Gasteiger partial charge is 0.0570 e. The fourth-order valence-electron chi connectivity index (χ4n) is 2.14. The van der Waals surface area contributed by atoms with Crippen molar-refractivity contribution in [1.29, 1.82) is 0 Å². The lowest BCUT2D eigenvalue weighted by atomic mass is 9.84. The van der Waals surface area contributed by atoms with Crippen LogP contribution in [0.15, 0.2) is 54.7 Å². The maximum atomic E-state index is 4.39. The standard InChI is InChI=1S/C17H22N2/c1-14(16-11-7-8-12-18-16)19-13-17(2,3)15-9-5-4-6-10-15/h4-12,14,19H,13H2,1-3H3. The summed E-state index contributed by atoms with van der Waals surface area (Å²) in [5, 5.41) is 3.58. The van der Waals surface area contributed by atoms with Crippen LogP contribution in [-0.4, -0.2) is 11.5 Å². The average Bonchev–Trinajstić information content (AvgIpc) is 2.47. The van der Waals surface area contributed by atoms with Crippen molar-refractivity contribution in [3.63, 3.8) is 0 Å². The molecule has 100 valence electrons. The van der Waals surface area contributed by atoms with Gasteiger partial charge in [-0.15, -0.1) is 0 Å². The van der Waals surface area contributed by atoms with Gasteiger partial charge in [-0.25, -0.2) is 0 Å². The molecule has 0 bridgehead atoms. The van der Waals surface area contributed by atoms with E-state index in [0.717, 1.165) is 12.2 Å². The van der Waals surface area contributed by atoms with Crippen molar-refractivity contribution < 1.29 is 0 Å². The van der Waals surface area contributed by atoms with E-state index in [4.69, 9.17) is 0 Å². The third kappa shape index (κ3) is 3.65. The lowest BCUT2D eigenvalue weighted by molar-refractivity contribution is 0.431. The SMILES string of the molecule is CC(NCC(C)(C)c1ccccc1)c1ccccn1. The van der Waals surface area contributed by atoms with Crippen molar-refractivity contribution >= 4 is 0 Å². The number of rotatable bonds is 5. The summed E-state index contributed by atoms with van der Waals surface area (Å²) in [7, 11) is 0. The molecule has 0 saturated heterocycles. The Labute approximate surface area is 115 Å². The zero-order valence-electron chi connectivity index (χ0n) is 11.9. The molecular weight excluding hydrogens is 232 g/mol. The molecule has 0 fully saturated rings. The molecule has 2 nitrogen and oxygen atoms in total. The number of pyridine rings is 1. The van der Waals surface area contributed by atoms with Crippen LogP contribution in [0.25, 0.3) is 0 Å². The van der Waals surface area contributed by atoms with Gasteiger partial charge >= 0.3 is 0 Å². The fourth-order valence-corrected chi connectivity index (χ4v) is 2.14. The molecule has 2 rings (SSSR count). The van der Waals surface area contributed by atoms with Crippen molar-refractivity contribution in [2.75, 3.05) is 6.54 Å². The number of hydrogen-bond donors (Lipinski definition) is 1. The maximum absolute atomic E-state index is 4.39. The monoisotopic (exact) mass is 254 g/mol. The topological polar surface area (TPSA) is 24.9 Å². The van der Waals surface area contributed by atoms with E-state index in [9.17, 15) is 0 Å². The maximum Gasteiger partial charge on any atom is 0.0570 e. The Morgan fingerprint density at radius 3 is 2.37 bits per heavy atom. The minimum absolute atomic E-state index is 0.115. The molecular formula is C17H22N2. The highest BCUT2D eigenvalue weighted by molar-refractivity contribution is 5.24. The Hall–Kier alpha value is -1.67. The highest BCUT2D eigenvalue weighted by Crippen LogP contribution is 2.22. The first kappa shape index (κ1) is 13.8. The molecule has 1 heterocycles. The third-order valence-corrected chi connectivity index (χ3v) is 3.54. The molecule has 19 heavy (non-hydrogen) atoms. The summed E-state index contributed by atoms with van der Waals surface area (Å²) in [6, 6.07) is 16.9. The minimum atomic E-state index is 0.115. The molecule has 0 saturated carbocycles. The summed E-state index contributed by atoms with van der Waals surface area (Å²) < 4.78 is 0. The molecule has 1 aromatic heterocycles. The largest absolute Gasteiger partial charge is 0.308 e. The molecule has 0 aliphatic heterocycles. The molecule has 1 unspecified atom stereocenters. The lowest BCUT2D eigenvalue weighted by Gasteiger charge is -2.27. The molecule has 0 aliphatic rings. The normalized spacial score (nSPS) is 13.2. The zero-order valence-corrected chi connectivity index (χ0v) is 11.9. The van der Waals surface area contributed by atoms with Crippen molar-refractivity contribution in [3.8, 4) is 0 Å². The van der Waals surface area contributed by atoms with Crippen molar-refractivity contribution in [2.24, 2.45) is 0 Å². The summed E-state index contributed by atoms with van der Waals surface area (Å²) >= 11 is 0. The molecule has 0 amide bonds. The fraction of sp³-hybridized carbons (Fsp3) is 0.353. The van der Waals surface area contributed by atoms with Gasteiger partial charge in [0.05, 0.1) is 5.69 Å². The summed E-state index contributed by atoms with van der Waals surface area (Å²) in [6.45, 7) is 7.61. The van der Waals surface area contributed by atoms with E-state index in [1.165, 1.54) is 5.56 Å². The van der Waals surface area contributed by atoms with Gasteiger partial charge in [0.1, 0.15) is 0 Å². The molecule has 1 atom stereocenters. The van der Waals surface area contributed by atoms with Crippen LogP contribution in [0.4, 0.5) is 0 Å². The van der Waals surface area contributed by atoms with Crippen molar-refractivity contribution in [2.45, 2.75) is 32.2 Å². The van der Waals surface area contributed by atoms with Gasteiger partial charge in [-0.1, -0.05) is 50.2 Å². The number of aromatic nitrogens is 1. The van der Waals surface area contributed by atoms with Gasteiger partial charge < -0.3 is 5.32 Å². The van der Waals surface area contributed by atoms with E-state index in [2.05, 4.69) is 67.5 Å². The van der Waals surface area contributed by atoms with Crippen molar-refractivity contribution in [1.82, 2.24) is 10.3 Å². The van der Waals surface area contributed by atoms with Crippen LogP contribution >= 0.6 is 0 Å². The first-order valence-corrected chi connectivity index (χ1v) is 6.79. The van der Waals surface area contributed by atoms with Gasteiger partial charge in [0.15, 0.2) is 0 Å². The van der Waals surface area contributed by atoms with Gasteiger partial charge in [-0.3, -0.25) is 4.98 Å². The predicted molar refractivity (Wildman–Crippen MR) is 80.1 cm³/mol. The molecule has 2 heteroatoms. The highest BCUT2D eigenvalue weighted by Gasteiger charge is 2.21. The molecule has 1 N–H and O–H groups in total. The summed E-state index contributed by atoms with van der Waals surface area (Å²) in [4.78, 5) is 4.39. The van der Waals surface area contributed by atoms with E-state index < -0.39 is 0 Å². The van der Waals surface area contributed by atoms with E-state index in [1.54, 1.807) is 0 Å². The van der Waals surface area contributed by atoms with Gasteiger partial charge in [0, 0.05) is 24.2 Å². The average molecular weight is 254 g/mol. The lowest BCUT2D eigenvalue weighted by Crippen LogP contribution is -2.34. The minimum Gasteiger partial charge on any atom is -0.308 e. The van der Waals surface area contributed by atoms with Gasteiger partial charge in [-0.2, -0.15) is 0 Å². The quantitative estimate of drug-likeness (QED) is 0.880. The van der Waals surface area contributed by atoms with Crippen LogP contribution in [0.1, 0.15) is 38.1 Å². The Morgan fingerprint density at radius 1 is 1.05 bits per heavy atom. The van der Waals surface area contributed by atoms with Gasteiger partial charge in [0.25, 0.3) is 0 Å². The Kier molecular flexibility index (Phi) is 4.33. The molecule has 0 spiro atoms. The number of hydrogen-bond acceptors (Lipinski definition) is 2. The summed E-state index contributed by atoms with van der Waals surface area (Å²) in [5.74, 6) is 0. The first-order valence-electron chi connectivity index (χ1n) is 6.79. The summed E-state index contributed by atoms with van der Waals surface area (Å²) in [6.07, 6.45) is 1.84. The first-order chi connectivity index (χ1) is 9.09. The van der Waals surface area contributed by atoms with E-state index in [-0.39, 0.29) is 11.5 Å².